The van der Waals surface area contributed by atoms with Gasteiger partial charge in [0.25, 0.3) is 0 Å². The predicted molar refractivity (Wildman–Crippen MR) is 52.3 cm³/mol. The summed E-state index contributed by atoms with van der Waals surface area (Å²) in [5.74, 6) is 0. The van der Waals surface area contributed by atoms with Crippen LogP contribution in [0.3, 0.4) is 0 Å². The first-order valence-electron chi connectivity index (χ1n) is 4.92. The van der Waals surface area contributed by atoms with Crippen LogP contribution < -0.4 is 0 Å². The van der Waals surface area contributed by atoms with Crippen molar-refractivity contribution in [2.24, 2.45) is 0 Å². The SMILES string of the molecule is OCCOC(CCO)(CCO)C(O)CO. The molecular formula is C9H20O6. The first-order chi connectivity index (χ1) is 7.16. The summed E-state index contributed by atoms with van der Waals surface area (Å²) in [6.07, 6.45) is -1.01. The van der Waals surface area contributed by atoms with E-state index in [0.717, 1.165) is 0 Å². The maximum absolute atomic E-state index is 9.58. The summed E-state index contributed by atoms with van der Waals surface area (Å²) in [6.45, 7) is -1.23. The molecule has 0 aliphatic heterocycles. The Hall–Kier alpha value is -0.240. The Morgan fingerprint density at radius 1 is 0.933 bits per heavy atom. The van der Waals surface area contributed by atoms with E-state index in [9.17, 15) is 5.11 Å². The van der Waals surface area contributed by atoms with E-state index in [2.05, 4.69) is 0 Å². The molecule has 0 bridgehead atoms. The van der Waals surface area contributed by atoms with Crippen molar-refractivity contribution in [2.45, 2.75) is 24.5 Å². The first-order valence-corrected chi connectivity index (χ1v) is 4.92. The molecule has 0 radical (unpaired) electrons. The van der Waals surface area contributed by atoms with Gasteiger partial charge in [-0.05, 0) is 0 Å². The number of aliphatic hydroxyl groups is 5. The van der Waals surface area contributed by atoms with Crippen molar-refractivity contribution in [3.8, 4) is 0 Å². The van der Waals surface area contributed by atoms with Crippen molar-refractivity contribution in [1.82, 2.24) is 0 Å². The maximum Gasteiger partial charge on any atom is 0.106 e. The number of hydrogen-bond acceptors (Lipinski definition) is 6. The lowest BCUT2D eigenvalue weighted by atomic mass is 9.89. The summed E-state index contributed by atoms with van der Waals surface area (Å²) in [5.41, 5.74) is -1.19. The van der Waals surface area contributed by atoms with Gasteiger partial charge >= 0.3 is 0 Å². The van der Waals surface area contributed by atoms with Crippen molar-refractivity contribution in [3.63, 3.8) is 0 Å². The van der Waals surface area contributed by atoms with Gasteiger partial charge in [0.2, 0.25) is 0 Å². The molecule has 0 aliphatic carbocycles. The molecule has 0 heterocycles. The number of rotatable bonds is 9. The summed E-state index contributed by atoms with van der Waals surface area (Å²) in [5, 5.41) is 44.8. The molecule has 0 aromatic carbocycles. The Balaban J connectivity index is 4.54. The monoisotopic (exact) mass is 224 g/mol. The number of ether oxygens (including phenoxy) is 1. The summed E-state index contributed by atoms with van der Waals surface area (Å²) in [7, 11) is 0. The smallest absolute Gasteiger partial charge is 0.106 e. The molecular weight excluding hydrogens is 204 g/mol. The molecule has 0 saturated carbocycles. The van der Waals surface area contributed by atoms with Crippen LogP contribution in [0, 0.1) is 0 Å². The Kier molecular flexibility index (Phi) is 7.85. The van der Waals surface area contributed by atoms with Crippen LogP contribution in [0.5, 0.6) is 0 Å². The van der Waals surface area contributed by atoms with Crippen LogP contribution in [0.15, 0.2) is 0 Å². The van der Waals surface area contributed by atoms with E-state index >= 15 is 0 Å². The van der Waals surface area contributed by atoms with E-state index in [1.54, 1.807) is 0 Å². The second kappa shape index (κ2) is 7.98. The Morgan fingerprint density at radius 2 is 1.47 bits per heavy atom. The van der Waals surface area contributed by atoms with Crippen LogP contribution in [0.1, 0.15) is 12.8 Å². The highest BCUT2D eigenvalue weighted by molar-refractivity contribution is 4.88. The van der Waals surface area contributed by atoms with E-state index < -0.39 is 18.3 Å². The third kappa shape index (κ3) is 4.42. The highest BCUT2D eigenvalue weighted by Crippen LogP contribution is 2.25. The minimum atomic E-state index is -1.19. The summed E-state index contributed by atoms with van der Waals surface area (Å²) < 4.78 is 5.23. The molecule has 0 aromatic heterocycles. The number of aliphatic hydroxyl groups excluding tert-OH is 5. The van der Waals surface area contributed by atoms with E-state index in [4.69, 9.17) is 25.2 Å². The summed E-state index contributed by atoms with van der Waals surface area (Å²) in [4.78, 5) is 0. The zero-order chi connectivity index (χ0) is 11.7. The fourth-order valence-electron chi connectivity index (χ4n) is 1.49. The van der Waals surface area contributed by atoms with Gasteiger partial charge in [-0.15, -0.1) is 0 Å². The van der Waals surface area contributed by atoms with E-state index in [1.807, 2.05) is 0 Å². The molecule has 1 unspecified atom stereocenters. The third-order valence-corrected chi connectivity index (χ3v) is 2.33. The van der Waals surface area contributed by atoms with Crippen molar-refractivity contribution in [3.05, 3.63) is 0 Å². The predicted octanol–water partition coefficient (Wildman–Crippen LogP) is -2.15. The van der Waals surface area contributed by atoms with Gasteiger partial charge in [-0.1, -0.05) is 0 Å². The van der Waals surface area contributed by atoms with Crippen LogP contribution >= 0.6 is 0 Å². The molecule has 15 heavy (non-hydrogen) atoms. The minimum Gasteiger partial charge on any atom is -0.396 e. The molecule has 0 aliphatic rings. The molecule has 92 valence electrons. The average molecular weight is 224 g/mol. The highest BCUT2D eigenvalue weighted by Gasteiger charge is 2.37. The fourth-order valence-corrected chi connectivity index (χ4v) is 1.49. The summed E-state index contributed by atoms with van der Waals surface area (Å²) >= 11 is 0. The van der Waals surface area contributed by atoms with Gasteiger partial charge in [0.15, 0.2) is 0 Å². The van der Waals surface area contributed by atoms with E-state index in [0.29, 0.717) is 0 Å². The van der Waals surface area contributed by atoms with E-state index in [1.165, 1.54) is 0 Å². The zero-order valence-electron chi connectivity index (χ0n) is 8.67. The molecule has 6 heteroatoms. The molecule has 0 fully saturated rings. The molecule has 0 rings (SSSR count). The Labute approximate surface area is 88.7 Å². The van der Waals surface area contributed by atoms with Gasteiger partial charge in [-0.25, -0.2) is 0 Å². The van der Waals surface area contributed by atoms with Crippen molar-refractivity contribution in [1.29, 1.82) is 0 Å². The average Bonchev–Trinajstić information content (AvgIpc) is 2.25. The molecule has 6 nitrogen and oxygen atoms in total. The first kappa shape index (κ1) is 14.8. The second-order valence-corrected chi connectivity index (χ2v) is 3.28. The lowest BCUT2D eigenvalue weighted by Gasteiger charge is -2.36. The molecule has 0 spiro atoms. The molecule has 0 aromatic rings. The van der Waals surface area contributed by atoms with Gasteiger partial charge in [-0.3, -0.25) is 0 Å². The standard InChI is InChI=1S/C9H20O6/c10-3-1-9(2-4-11,8(14)7-13)15-6-5-12/h8,10-14H,1-7H2. The van der Waals surface area contributed by atoms with Crippen LogP contribution in [0.4, 0.5) is 0 Å². The largest absolute Gasteiger partial charge is 0.396 e. The van der Waals surface area contributed by atoms with Gasteiger partial charge in [-0.2, -0.15) is 0 Å². The van der Waals surface area contributed by atoms with Crippen LogP contribution in [0.2, 0.25) is 0 Å². The highest BCUT2D eigenvalue weighted by atomic mass is 16.5. The molecule has 5 N–H and O–H groups in total. The lowest BCUT2D eigenvalue weighted by Crippen LogP contribution is -2.49. The van der Waals surface area contributed by atoms with E-state index in [-0.39, 0.29) is 39.3 Å². The molecule has 1 atom stereocenters. The quantitative estimate of drug-likeness (QED) is 0.305. The van der Waals surface area contributed by atoms with Gasteiger partial charge in [0.05, 0.1) is 19.8 Å². The molecule has 0 saturated heterocycles. The Morgan fingerprint density at radius 3 is 1.80 bits per heavy atom. The van der Waals surface area contributed by atoms with Gasteiger partial charge < -0.3 is 30.3 Å². The normalized spacial score (nSPS) is 14.2. The summed E-state index contributed by atoms with van der Waals surface area (Å²) in [6, 6.07) is 0. The van der Waals surface area contributed by atoms with Gasteiger partial charge in [0, 0.05) is 26.1 Å². The fraction of sp³-hybridized carbons (Fsp3) is 1.00. The lowest BCUT2D eigenvalue weighted by molar-refractivity contribution is -0.159. The van der Waals surface area contributed by atoms with Crippen molar-refractivity contribution < 1.29 is 30.3 Å². The molecule has 0 amide bonds. The second-order valence-electron chi connectivity index (χ2n) is 3.28. The van der Waals surface area contributed by atoms with Crippen LogP contribution in [-0.4, -0.2) is 70.3 Å². The topological polar surface area (TPSA) is 110 Å². The van der Waals surface area contributed by atoms with Crippen LogP contribution in [0.25, 0.3) is 0 Å². The van der Waals surface area contributed by atoms with Crippen molar-refractivity contribution in [2.75, 3.05) is 33.0 Å². The number of hydrogen-bond donors (Lipinski definition) is 5. The van der Waals surface area contributed by atoms with Crippen LogP contribution in [-0.2, 0) is 4.74 Å². The third-order valence-electron chi connectivity index (χ3n) is 2.33. The maximum atomic E-state index is 9.58. The van der Waals surface area contributed by atoms with Gasteiger partial charge in [0.1, 0.15) is 11.7 Å². The zero-order valence-corrected chi connectivity index (χ0v) is 8.67. The van der Waals surface area contributed by atoms with Crippen molar-refractivity contribution >= 4 is 0 Å². The minimum absolute atomic E-state index is 0.0168. The Bertz CT molecular complexity index is 146.